The second-order valence-electron chi connectivity index (χ2n) is 4.57. The molecule has 0 unspecified atom stereocenters. The molecule has 0 radical (unpaired) electrons. The largest absolute Gasteiger partial charge is 0.375 e. The number of morpholine rings is 1. The van der Waals surface area contributed by atoms with Crippen molar-refractivity contribution < 1.29 is 9.53 Å². The molecule has 0 aromatic carbocycles. The number of hydrogen-bond acceptors (Lipinski definition) is 4. The van der Waals surface area contributed by atoms with Crippen LogP contribution in [0.3, 0.4) is 0 Å². The Morgan fingerprint density at radius 2 is 2.39 bits per heavy atom. The summed E-state index contributed by atoms with van der Waals surface area (Å²) in [4.78, 5) is 25.4. The first-order chi connectivity index (χ1) is 8.58. The number of aryl methyl sites for hydroxylation is 1. The van der Waals surface area contributed by atoms with Gasteiger partial charge in [0.1, 0.15) is 0 Å². The quantitative estimate of drug-likeness (QED) is 0.818. The first-order valence-electron chi connectivity index (χ1n) is 6.12. The fraction of sp³-hybridized carbons (Fsp3) is 0.667. The van der Waals surface area contributed by atoms with Gasteiger partial charge in [0.2, 0.25) is 5.91 Å². The van der Waals surface area contributed by atoms with Gasteiger partial charge in [0.25, 0.3) is 0 Å². The van der Waals surface area contributed by atoms with E-state index in [0.717, 1.165) is 5.69 Å². The molecule has 0 bridgehead atoms. The van der Waals surface area contributed by atoms with Crippen LogP contribution in [0.5, 0.6) is 0 Å². The highest BCUT2D eigenvalue weighted by Gasteiger charge is 2.21. The molecule has 1 fully saturated rings. The van der Waals surface area contributed by atoms with Crippen LogP contribution in [0, 0.1) is 6.92 Å². The predicted octanol–water partition coefficient (Wildman–Crippen LogP) is 0.856. The number of hydrogen-bond donors (Lipinski definition) is 0. The lowest BCUT2D eigenvalue weighted by Crippen LogP contribution is -2.44. The van der Waals surface area contributed by atoms with Crippen LogP contribution in [0.25, 0.3) is 0 Å². The molecule has 100 valence electrons. The van der Waals surface area contributed by atoms with Gasteiger partial charge >= 0.3 is 4.87 Å². The van der Waals surface area contributed by atoms with E-state index in [1.54, 1.807) is 4.57 Å². The van der Waals surface area contributed by atoms with E-state index in [0.29, 0.717) is 32.7 Å². The van der Waals surface area contributed by atoms with E-state index < -0.39 is 0 Å². The zero-order valence-corrected chi connectivity index (χ0v) is 11.5. The van der Waals surface area contributed by atoms with Gasteiger partial charge in [0.15, 0.2) is 0 Å². The van der Waals surface area contributed by atoms with Crippen LogP contribution in [-0.4, -0.2) is 41.2 Å². The summed E-state index contributed by atoms with van der Waals surface area (Å²) < 4.78 is 7.06. The van der Waals surface area contributed by atoms with E-state index in [2.05, 4.69) is 0 Å². The number of carbonyl (C=O) groups excluding carboxylic acids is 1. The van der Waals surface area contributed by atoms with Crippen molar-refractivity contribution in [1.82, 2.24) is 9.47 Å². The Balaban J connectivity index is 1.90. The minimum Gasteiger partial charge on any atom is -0.375 e. The lowest BCUT2D eigenvalue weighted by Gasteiger charge is -2.31. The summed E-state index contributed by atoms with van der Waals surface area (Å²) >= 11 is 1.18. The van der Waals surface area contributed by atoms with Gasteiger partial charge in [-0.15, -0.1) is 0 Å². The van der Waals surface area contributed by atoms with E-state index in [1.807, 2.05) is 24.1 Å². The number of rotatable bonds is 3. The van der Waals surface area contributed by atoms with E-state index in [-0.39, 0.29) is 16.9 Å². The minimum atomic E-state index is 0.00986. The Labute approximate surface area is 110 Å². The van der Waals surface area contributed by atoms with Crippen LogP contribution in [0.1, 0.15) is 19.0 Å². The van der Waals surface area contributed by atoms with Crippen molar-refractivity contribution in [2.24, 2.45) is 0 Å². The van der Waals surface area contributed by atoms with E-state index in [9.17, 15) is 9.59 Å². The van der Waals surface area contributed by atoms with Gasteiger partial charge in [-0.05, 0) is 13.8 Å². The number of carbonyl (C=O) groups is 1. The molecule has 2 rings (SSSR count). The summed E-state index contributed by atoms with van der Waals surface area (Å²) in [6, 6.07) is 0. The van der Waals surface area contributed by atoms with Crippen molar-refractivity contribution in [2.75, 3.05) is 19.7 Å². The van der Waals surface area contributed by atoms with Crippen molar-refractivity contribution in [3.05, 3.63) is 20.7 Å². The highest BCUT2D eigenvalue weighted by atomic mass is 32.1. The second kappa shape index (κ2) is 5.67. The molecule has 5 nitrogen and oxygen atoms in total. The SMILES string of the molecule is Cc1csc(=O)n1CCC(=O)N1CCO[C@@H](C)C1. The van der Waals surface area contributed by atoms with E-state index in [1.165, 1.54) is 11.3 Å². The summed E-state index contributed by atoms with van der Waals surface area (Å²) in [6.07, 6.45) is 0.484. The van der Waals surface area contributed by atoms with Crippen LogP contribution < -0.4 is 4.87 Å². The summed E-state index contributed by atoms with van der Waals surface area (Å²) in [5.41, 5.74) is 0.924. The fourth-order valence-corrected chi connectivity index (χ4v) is 2.85. The lowest BCUT2D eigenvalue weighted by atomic mass is 10.2. The highest BCUT2D eigenvalue weighted by Crippen LogP contribution is 2.07. The smallest absolute Gasteiger partial charge is 0.307 e. The van der Waals surface area contributed by atoms with Gasteiger partial charge < -0.3 is 14.2 Å². The molecule has 2 heterocycles. The van der Waals surface area contributed by atoms with E-state index >= 15 is 0 Å². The average Bonchev–Trinajstić information content (AvgIpc) is 2.66. The third kappa shape index (κ3) is 3.00. The Kier molecular flexibility index (Phi) is 4.19. The average molecular weight is 270 g/mol. The number of thiazole rings is 1. The number of aromatic nitrogens is 1. The second-order valence-corrected chi connectivity index (χ2v) is 5.39. The molecule has 1 aliphatic heterocycles. The number of nitrogens with zero attached hydrogens (tertiary/aromatic N) is 2. The molecule has 0 saturated carbocycles. The summed E-state index contributed by atoms with van der Waals surface area (Å²) in [7, 11) is 0. The molecule has 1 aliphatic rings. The number of amides is 1. The third-order valence-electron chi connectivity index (χ3n) is 3.12. The van der Waals surface area contributed by atoms with Gasteiger partial charge in [-0.2, -0.15) is 0 Å². The topological polar surface area (TPSA) is 51.5 Å². The molecule has 1 aromatic rings. The molecule has 6 heteroatoms. The molecular weight excluding hydrogens is 252 g/mol. The minimum absolute atomic E-state index is 0.00986. The Morgan fingerprint density at radius 1 is 1.61 bits per heavy atom. The summed E-state index contributed by atoms with van der Waals surface area (Å²) in [6.45, 7) is 6.23. The molecule has 1 amide bonds. The summed E-state index contributed by atoms with van der Waals surface area (Å²) in [5.74, 6) is 0.0997. The van der Waals surface area contributed by atoms with Crippen LogP contribution in [0.15, 0.2) is 10.2 Å². The van der Waals surface area contributed by atoms with Gasteiger partial charge in [0.05, 0.1) is 12.7 Å². The molecular formula is C12H18N2O3S. The van der Waals surface area contributed by atoms with Crippen molar-refractivity contribution in [2.45, 2.75) is 32.9 Å². The maximum absolute atomic E-state index is 12.0. The molecule has 0 N–H and O–H groups in total. The maximum Gasteiger partial charge on any atom is 0.307 e. The molecule has 0 aliphatic carbocycles. The van der Waals surface area contributed by atoms with Gasteiger partial charge in [-0.1, -0.05) is 11.3 Å². The lowest BCUT2D eigenvalue weighted by molar-refractivity contribution is -0.138. The standard InChI is InChI=1S/C12H18N2O3S/c1-9-8-18-12(16)14(9)4-3-11(15)13-5-6-17-10(2)7-13/h8,10H,3-7H2,1-2H3/t10-/m0/s1. The van der Waals surface area contributed by atoms with Crippen LogP contribution in [0.2, 0.25) is 0 Å². The van der Waals surface area contributed by atoms with Gasteiger partial charge in [-0.3, -0.25) is 9.59 Å². The fourth-order valence-electron chi connectivity index (χ4n) is 2.09. The van der Waals surface area contributed by atoms with Crippen molar-refractivity contribution >= 4 is 17.2 Å². The Bertz CT molecular complexity index is 480. The van der Waals surface area contributed by atoms with Crippen LogP contribution in [-0.2, 0) is 16.1 Å². The predicted molar refractivity (Wildman–Crippen MR) is 69.9 cm³/mol. The highest BCUT2D eigenvalue weighted by molar-refractivity contribution is 7.07. The van der Waals surface area contributed by atoms with Crippen molar-refractivity contribution in [3.63, 3.8) is 0 Å². The molecule has 1 saturated heterocycles. The molecule has 1 atom stereocenters. The van der Waals surface area contributed by atoms with Crippen LogP contribution in [0.4, 0.5) is 0 Å². The zero-order chi connectivity index (χ0) is 13.1. The van der Waals surface area contributed by atoms with Gasteiger partial charge in [-0.25, -0.2) is 0 Å². The van der Waals surface area contributed by atoms with Crippen molar-refractivity contribution in [3.8, 4) is 0 Å². The normalized spacial score (nSPS) is 20.1. The molecule has 0 spiro atoms. The summed E-state index contributed by atoms with van der Waals surface area (Å²) in [5, 5.41) is 1.82. The maximum atomic E-state index is 12.0. The first kappa shape index (κ1) is 13.3. The molecule has 18 heavy (non-hydrogen) atoms. The van der Waals surface area contributed by atoms with Crippen LogP contribution >= 0.6 is 11.3 Å². The zero-order valence-electron chi connectivity index (χ0n) is 10.7. The Hall–Kier alpha value is -1.14. The first-order valence-corrected chi connectivity index (χ1v) is 7.00. The number of ether oxygens (including phenoxy) is 1. The monoisotopic (exact) mass is 270 g/mol. The third-order valence-corrected chi connectivity index (χ3v) is 4.00. The van der Waals surface area contributed by atoms with Gasteiger partial charge in [0, 0.05) is 37.1 Å². The van der Waals surface area contributed by atoms with E-state index in [4.69, 9.17) is 4.74 Å². The Morgan fingerprint density at radius 3 is 3.00 bits per heavy atom. The van der Waals surface area contributed by atoms with Crippen molar-refractivity contribution in [1.29, 1.82) is 0 Å². The molecule has 1 aromatic heterocycles.